The van der Waals surface area contributed by atoms with Crippen LogP contribution < -0.4 is 5.32 Å². The van der Waals surface area contributed by atoms with Crippen LogP contribution >= 0.6 is 11.3 Å². The number of hydrogen-bond donors (Lipinski definition) is 1. The fourth-order valence-electron chi connectivity index (χ4n) is 2.04. The van der Waals surface area contributed by atoms with E-state index in [0.717, 1.165) is 26.8 Å². The monoisotopic (exact) mass is 311 g/mol. The van der Waals surface area contributed by atoms with Crippen LogP contribution in [0.5, 0.6) is 0 Å². The zero-order valence-corrected chi connectivity index (χ0v) is 12.6. The Balaban J connectivity index is 1.81. The average Bonchev–Trinajstić information content (AvgIpc) is 2.98. The molecule has 0 fully saturated rings. The van der Waals surface area contributed by atoms with E-state index in [1.807, 2.05) is 31.2 Å². The standard InChI is InChI=1S/C16H13N3O2S/c1-11-4-2-3-5-14(11)18-16-17-10-15(22-16)12-6-8-13(9-7-12)19(20)21/h2-10H,1H3,(H,17,18). The van der Waals surface area contributed by atoms with Gasteiger partial charge in [0.2, 0.25) is 0 Å². The van der Waals surface area contributed by atoms with Crippen LogP contribution in [0.4, 0.5) is 16.5 Å². The molecule has 22 heavy (non-hydrogen) atoms. The number of benzene rings is 2. The van der Waals surface area contributed by atoms with Crippen LogP contribution in [0.25, 0.3) is 10.4 Å². The Morgan fingerprint density at radius 2 is 1.86 bits per heavy atom. The maximum atomic E-state index is 10.7. The van der Waals surface area contributed by atoms with Crippen LogP contribution in [0.3, 0.4) is 0 Å². The molecule has 5 nitrogen and oxygen atoms in total. The molecule has 0 unspecified atom stereocenters. The minimum atomic E-state index is -0.401. The quantitative estimate of drug-likeness (QED) is 0.556. The summed E-state index contributed by atoms with van der Waals surface area (Å²) in [6.45, 7) is 2.03. The highest BCUT2D eigenvalue weighted by Gasteiger charge is 2.08. The Morgan fingerprint density at radius 3 is 2.55 bits per heavy atom. The maximum Gasteiger partial charge on any atom is 0.269 e. The van der Waals surface area contributed by atoms with Crippen LogP contribution in [0.15, 0.2) is 54.7 Å². The first kappa shape index (κ1) is 14.2. The molecule has 1 N–H and O–H groups in total. The number of thiazole rings is 1. The molecule has 6 heteroatoms. The third-order valence-electron chi connectivity index (χ3n) is 3.25. The molecular weight excluding hydrogens is 298 g/mol. The largest absolute Gasteiger partial charge is 0.331 e. The average molecular weight is 311 g/mol. The van der Waals surface area contributed by atoms with Gasteiger partial charge in [0.15, 0.2) is 5.13 Å². The first-order valence-electron chi connectivity index (χ1n) is 6.67. The number of nitrogens with zero attached hydrogens (tertiary/aromatic N) is 2. The molecule has 0 aliphatic carbocycles. The Labute approximate surface area is 131 Å². The van der Waals surface area contributed by atoms with Gasteiger partial charge in [-0.3, -0.25) is 10.1 Å². The summed E-state index contributed by atoms with van der Waals surface area (Å²) in [5.41, 5.74) is 3.18. The molecular formula is C16H13N3O2S. The topological polar surface area (TPSA) is 68.1 Å². The fourth-order valence-corrected chi connectivity index (χ4v) is 2.88. The van der Waals surface area contributed by atoms with Gasteiger partial charge in [0, 0.05) is 24.0 Å². The maximum absolute atomic E-state index is 10.7. The lowest BCUT2D eigenvalue weighted by molar-refractivity contribution is -0.384. The van der Waals surface area contributed by atoms with E-state index in [0.29, 0.717) is 0 Å². The van der Waals surface area contributed by atoms with Crippen molar-refractivity contribution in [1.82, 2.24) is 4.98 Å². The zero-order chi connectivity index (χ0) is 15.5. The van der Waals surface area contributed by atoms with Gasteiger partial charge < -0.3 is 5.32 Å². The van der Waals surface area contributed by atoms with Gasteiger partial charge in [-0.25, -0.2) is 4.98 Å². The van der Waals surface area contributed by atoms with Gasteiger partial charge in [-0.15, -0.1) is 0 Å². The molecule has 0 aliphatic heterocycles. The highest BCUT2D eigenvalue weighted by Crippen LogP contribution is 2.32. The number of para-hydroxylation sites is 1. The van der Waals surface area contributed by atoms with Gasteiger partial charge >= 0.3 is 0 Å². The third-order valence-corrected chi connectivity index (χ3v) is 4.22. The summed E-state index contributed by atoms with van der Waals surface area (Å²) in [5, 5.41) is 14.8. The molecule has 0 amide bonds. The minimum absolute atomic E-state index is 0.0894. The highest BCUT2D eigenvalue weighted by molar-refractivity contribution is 7.18. The molecule has 0 spiro atoms. The Bertz CT molecular complexity index is 812. The molecule has 0 bridgehead atoms. The van der Waals surface area contributed by atoms with E-state index in [1.54, 1.807) is 18.3 Å². The SMILES string of the molecule is Cc1ccccc1Nc1ncc(-c2ccc([N+](=O)[O-])cc2)s1. The second kappa shape index (κ2) is 5.95. The smallest absolute Gasteiger partial charge is 0.269 e. The Kier molecular flexibility index (Phi) is 3.84. The molecule has 0 aliphatic rings. The molecule has 2 aromatic carbocycles. The predicted octanol–water partition coefficient (Wildman–Crippen LogP) is 4.77. The van der Waals surface area contributed by atoms with Crippen LogP contribution in [0.2, 0.25) is 0 Å². The van der Waals surface area contributed by atoms with Crippen molar-refractivity contribution in [2.24, 2.45) is 0 Å². The number of nitro groups is 1. The van der Waals surface area contributed by atoms with Crippen molar-refractivity contribution in [2.45, 2.75) is 6.92 Å². The van der Waals surface area contributed by atoms with Crippen molar-refractivity contribution in [3.05, 3.63) is 70.4 Å². The number of nitrogens with one attached hydrogen (secondary N) is 1. The summed E-state index contributed by atoms with van der Waals surface area (Å²) in [6, 6.07) is 14.5. The third kappa shape index (κ3) is 2.96. The van der Waals surface area contributed by atoms with Gasteiger partial charge in [-0.05, 0) is 36.2 Å². The van der Waals surface area contributed by atoms with Gasteiger partial charge in [0.1, 0.15) is 0 Å². The highest BCUT2D eigenvalue weighted by atomic mass is 32.1. The van der Waals surface area contributed by atoms with Crippen molar-refractivity contribution in [3.63, 3.8) is 0 Å². The summed E-state index contributed by atoms with van der Waals surface area (Å²) >= 11 is 1.51. The van der Waals surface area contributed by atoms with E-state index in [-0.39, 0.29) is 5.69 Å². The number of anilines is 2. The summed E-state index contributed by atoms with van der Waals surface area (Å²) in [4.78, 5) is 15.6. The lowest BCUT2D eigenvalue weighted by Gasteiger charge is -2.05. The zero-order valence-electron chi connectivity index (χ0n) is 11.8. The number of aromatic nitrogens is 1. The second-order valence-corrected chi connectivity index (χ2v) is 5.80. The first-order chi connectivity index (χ1) is 10.6. The molecule has 1 heterocycles. The van der Waals surface area contributed by atoms with Crippen molar-refractivity contribution in [1.29, 1.82) is 0 Å². The van der Waals surface area contributed by atoms with E-state index in [4.69, 9.17) is 0 Å². The molecule has 3 aromatic rings. The van der Waals surface area contributed by atoms with Gasteiger partial charge in [0.05, 0.1) is 9.80 Å². The molecule has 0 atom stereocenters. The summed E-state index contributed by atoms with van der Waals surface area (Å²) in [5.74, 6) is 0. The lowest BCUT2D eigenvalue weighted by Crippen LogP contribution is -1.91. The number of nitro benzene ring substituents is 1. The van der Waals surface area contributed by atoms with Crippen LogP contribution in [0.1, 0.15) is 5.56 Å². The van der Waals surface area contributed by atoms with Crippen LogP contribution in [0, 0.1) is 17.0 Å². The molecule has 3 rings (SSSR count). The van der Waals surface area contributed by atoms with Crippen molar-refractivity contribution < 1.29 is 4.92 Å². The lowest BCUT2D eigenvalue weighted by atomic mass is 10.2. The molecule has 0 radical (unpaired) electrons. The first-order valence-corrected chi connectivity index (χ1v) is 7.48. The molecule has 1 aromatic heterocycles. The van der Waals surface area contributed by atoms with E-state index >= 15 is 0 Å². The predicted molar refractivity (Wildman–Crippen MR) is 88.7 cm³/mol. The minimum Gasteiger partial charge on any atom is -0.331 e. The molecule has 110 valence electrons. The second-order valence-electron chi connectivity index (χ2n) is 4.77. The van der Waals surface area contributed by atoms with Crippen LogP contribution in [-0.2, 0) is 0 Å². The summed E-state index contributed by atoms with van der Waals surface area (Å²) in [7, 11) is 0. The molecule has 0 saturated heterocycles. The number of rotatable bonds is 4. The Hall–Kier alpha value is -2.73. The van der Waals surface area contributed by atoms with E-state index in [2.05, 4.69) is 10.3 Å². The van der Waals surface area contributed by atoms with Crippen molar-refractivity contribution in [3.8, 4) is 10.4 Å². The number of non-ortho nitro benzene ring substituents is 1. The van der Waals surface area contributed by atoms with E-state index in [9.17, 15) is 10.1 Å². The van der Waals surface area contributed by atoms with E-state index < -0.39 is 4.92 Å². The fraction of sp³-hybridized carbons (Fsp3) is 0.0625. The summed E-state index contributed by atoms with van der Waals surface area (Å²) < 4.78 is 0. The summed E-state index contributed by atoms with van der Waals surface area (Å²) in [6.07, 6.45) is 1.77. The van der Waals surface area contributed by atoms with Gasteiger partial charge in [0.25, 0.3) is 5.69 Å². The van der Waals surface area contributed by atoms with Gasteiger partial charge in [-0.1, -0.05) is 29.5 Å². The van der Waals surface area contributed by atoms with E-state index in [1.165, 1.54) is 23.5 Å². The normalized spacial score (nSPS) is 10.4. The van der Waals surface area contributed by atoms with Crippen molar-refractivity contribution >= 4 is 27.8 Å². The van der Waals surface area contributed by atoms with Crippen LogP contribution in [-0.4, -0.2) is 9.91 Å². The van der Waals surface area contributed by atoms with Crippen molar-refractivity contribution in [2.75, 3.05) is 5.32 Å². The van der Waals surface area contributed by atoms with Gasteiger partial charge in [-0.2, -0.15) is 0 Å². The Morgan fingerprint density at radius 1 is 1.14 bits per heavy atom. The number of hydrogen-bond acceptors (Lipinski definition) is 5. The molecule has 0 saturated carbocycles. The number of aryl methyl sites for hydroxylation is 1.